The molecule has 118 valence electrons. The molecule has 2 rings (SSSR count). The highest BCUT2D eigenvalue weighted by atomic mass is 32.2. The SMILES string of the molecule is CC(C)(C)NC(=O)CCCSc1nnnn1-c1ccccc1. The molecule has 7 heteroatoms. The summed E-state index contributed by atoms with van der Waals surface area (Å²) in [4.78, 5) is 11.7. The monoisotopic (exact) mass is 319 g/mol. The van der Waals surface area contributed by atoms with Gasteiger partial charge in [0.05, 0.1) is 5.69 Å². The fourth-order valence-electron chi connectivity index (χ4n) is 1.88. The lowest BCUT2D eigenvalue weighted by atomic mass is 10.1. The molecule has 0 atom stereocenters. The van der Waals surface area contributed by atoms with E-state index in [1.165, 1.54) is 0 Å². The lowest BCUT2D eigenvalue weighted by Crippen LogP contribution is -2.40. The van der Waals surface area contributed by atoms with Crippen molar-refractivity contribution in [1.29, 1.82) is 0 Å². The fourth-order valence-corrected chi connectivity index (χ4v) is 2.71. The van der Waals surface area contributed by atoms with Crippen molar-refractivity contribution in [1.82, 2.24) is 25.5 Å². The minimum absolute atomic E-state index is 0.0794. The Morgan fingerprint density at radius 3 is 2.68 bits per heavy atom. The van der Waals surface area contributed by atoms with Gasteiger partial charge in [-0.25, -0.2) is 0 Å². The first-order valence-corrected chi connectivity index (χ1v) is 8.22. The van der Waals surface area contributed by atoms with Crippen LogP contribution < -0.4 is 5.32 Å². The first-order chi connectivity index (χ1) is 10.5. The molecule has 1 amide bonds. The number of carbonyl (C=O) groups excluding carboxylic acids is 1. The van der Waals surface area contributed by atoms with Crippen LogP contribution in [-0.4, -0.2) is 37.4 Å². The Morgan fingerprint density at radius 1 is 1.27 bits per heavy atom. The lowest BCUT2D eigenvalue weighted by molar-refractivity contribution is -0.122. The van der Waals surface area contributed by atoms with Crippen LogP contribution in [0.4, 0.5) is 0 Å². The molecule has 1 aromatic heterocycles. The van der Waals surface area contributed by atoms with E-state index in [0.29, 0.717) is 6.42 Å². The Balaban J connectivity index is 1.82. The van der Waals surface area contributed by atoms with Crippen molar-refractivity contribution in [2.24, 2.45) is 0 Å². The van der Waals surface area contributed by atoms with E-state index in [4.69, 9.17) is 0 Å². The third-order valence-corrected chi connectivity index (χ3v) is 3.74. The van der Waals surface area contributed by atoms with E-state index in [2.05, 4.69) is 20.8 Å². The van der Waals surface area contributed by atoms with Gasteiger partial charge in [0, 0.05) is 17.7 Å². The lowest BCUT2D eigenvalue weighted by Gasteiger charge is -2.20. The summed E-state index contributed by atoms with van der Waals surface area (Å²) in [6.45, 7) is 5.94. The Morgan fingerprint density at radius 2 is 2.00 bits per heavy atom. The molecule has 0 aliphatic rings. The number of para-hydroxylation sites is 1. The number of carbonyl (C=O) groups is 1. The van der Waals surface area contributed by atoms with Gasteiger partial charge < -0.3 is 5.32 Å². The van der Waals surface area contributed by atoms with Crippen molar-refractivity contribution in [3.63, 3.8) is 0 Å². The molecule has 0 spiro atoms. The van der Waals surface area contributed by atoms with Crippen molar-refractivity contribution >= 4 is 17.7 Å². The third kappa shape index (κ3) is 5.14. The van der Waals surface area contributed by atoms with Gasteiger partial charge in [-0.05, 0) is 49.8 Å². The number of thioether (sulfide) groups is 1. The molecule has 0 radical (unpaired) electrons. The molecule has 1 aromatic carbocycles. The standard InChI is InChI=1S/C15H21N5OS/c1-15(2,3)16-13(21)10-7-11-22-14-17-18-19-20(14)12-8-5-4-6-9-12/h4-6,8-9H,7,10-11H2,1-3H3,(H,16,21). The molecular formula is C15H21N5OS. The maximum Gasteiger partial charge on any atom is 0.220 e. The minimum atomic E-state index is -0.179. The van der Waals surface area contributed by atoms with Gasteiger partial charge >= 0.3 is 0 Å². The number of hydrogen-bond acceptors (Lipinski definition) is 5. The number of tetrazole rings is 1. The zero-order valence-electron chi connectivity index (χ0n) is 13.1. The van der Waals surface area contributed by atoms with Crippen LogP contribution in [0.15, 0.2) is 35.5 Å². The van der Waals surface area contributed by atoms with Gasteiger partial charge in [0.2, 0.25) is 11.1 Å². The van der Waals surface area contributed by atoms with Crippen LogP contribution in [0.5, 0.6) is 0 Å². The Labute approximate surface area is 134 Å². The molecule has 0 aliphatic carbocycles. The van der Waals surface area contributed by atoms with Crippen LogP contribution in [0, 0.1) is 0 Å². The van der Waals surface area contributed by atoms with E-state index in [0.717, 1.165) is 23.0 Å². The maximum atomic E-state index is 11.7. The van der Waals surface area contributed by atoms with Gasteiger partial charge in [-0.3, -0.25) is 4.79 Å². The number of hydrogen-bond donors (Lipinski definition) is 1. The maximum absolute atomic E-state index is 11.7. The van der Waals surface area contributed by atoms with Gasteiger partial charge in [0.25, 0.3) is 0 Å². The summed E-state index contributed by atoms with van der Waals surface area (Å²) in [5.41, 5.74) is 0.752. The number of benzene rings is 1. The van der Waals surface area contributed by atoms with E-state index >= 15 is 0 Å². The molecule has 0 saturated carbocycles. The second-order valence-electron chi connectivity index (χ2n) is 5.96. The first kappa shape index (κ1) is 16.5. The number of rotatable bonds is 6. The number of aromatic nitrogens is 4. The Hall–Kier alpha value is -1.89. The van der Waals surface area contributed by atoms with Crippen LogP contribution in [0.3, 0.4) is 0 Å². The quantitative estimate of drug-likeness (QED) is 0.654. The molecule has 0 aliphatic heterocycles. The zero-order chi connectivity index (χ0) is 16.0. The second kappa shape index (κ2) is 7.40. The number of nitrogens with zero attached hydrogens (tertiary/aromatic N) is 4. The van der Waals surface area contributed by atoms with Crippen LogP contribution in [0.1, 0.15) is 33.6 Å². The average Bonchev–Trinajstić information content (AvgIpc) is 2.91. The molecule has 0 bridgehead atoms. The van der Waals surface area contributed by atoms with E-state index in [9.17, 15) is 4.79 Å². The van der Waals surface area contributed by atoms with E-state index in [-0.39, 0.29) is 11.4 Å². The summed E-state index contributed by atoms with van der Waals surface area (Å²) < 4.78 is 1.71. The summed E-state index contributed by atoms with van der Waals surface area (Å²) in [5, 5.41) is 15.5. The highest BCUT2D eigenvalue weighted by Gasteiger charge is 2.13. The molecule has 1 heterocycles. The van der Waals surface area contributed by atoms with E-state index in [1.54, 1.807) is 16.4 Å². The van der Waals surface area contributed by atoms with Crippen molar-refractivity contribution in [2.45, 2.75) is 44.3 Å². The summed E-state index contributed by atoms with van der Waals surface area (Å²) in [7, 11) is 0. The van der Waals surface area contributed by atoms with Crippen molar-refractivity contribution < 1.29 is 4.79 Å². The average molecular weight is 319 g/mol. The van der Waals surface area contributed by atoms with Gasteiger partial charge in [0.15, 0.2) is 0 Å². The van der Waals surface area contributed by atoms with Crippen LogP contribution >= 0.6 is 11.8 Å². The van der Waals surface area contributed by atoms with E-state index < -0.39 is 0 Å². The second-order valence-corrected chi connectivity index (χ2v) is 7.02. The van der Waals surface area contributed by atoms with Gasteiger partial charge in [0.1, 0.15) is 0 Å². The van der Waals surface area contributed by atoms with Crippen molar-refractivity contribution in [3.05, 3.63) is 30.3 Å². The van der Waals surface area contributed by atoms with Crippen LogP contribution in [0.25, 0.3) is 5.69 Å². The molecule has 1 N–H and O–H groups in total. The van der Waals surface area contributed by atoms with Gasteiger partial charge in [-0.2, -0.15) is 4.68 Å². The molecule has 6 nitrogen and oxygen atoms in total. The van der Waals surface area contributed by atoms with Crippen molar-refractivity contribution in [3.8, 4) is 5.69 Å². The predicted octanol–water partition coefficient (Wildman–Crippen LogP) is 2.45. The summed E-state index contributed by atoms with van der Waals surface area (Å²) in [6, 6.07) is 9.76. The highest BCUT2D eigenvalue weighted by molar-refractivity contribution is 7.99. The Kier molecular flexibility index (Phi) is 5.54. The number of amides is 1. The van der Waals surface area contributed by atoms with Crippen LogP contribution in [-0.2, 0) is 4.79 Å². The molecule has 22 heavy (non-hydrogen) atoms. The first-order valence-electron chi connectivity index (χ1n) is 7.23. The smallest absolute Gasteiger partial charge is 0.220 e. The fraction of sp³-hybridized carbons (Fsp3) is 0.467. The van der Waals surface area contributed by atoms with E-state index in [1.807, 2.05) is 51.1 Å². The molecule has 0 unspecified atom stereocenters. The third-order valence-electron chi connectivity index (χ3n) is 2.74. The molecular weight excluding hydrogens is 298 g/mol. The molecule has 0 saturated heterocycles. The topological polar surface area (TPSA) is 72.7 Å². The zero-order valence-corrected chi connectivity index (χ0v) is 13.9. The van der Waals surface area contributed by atoms with Crippen molar-refractivity contribution in [2.75, 3.05) is 5.75 Å². The summed E-state index contributed by atoms with van der Waals surface area (Å²) in [6.07, 6.45) is 1.30. The Bertz CT molecular complexity index is 606. The largest absolute Gasteiger partial charge is 0.352 e. The molecule has 0 fully saturated rings. The number of nitrogens with one attached hydrogen (secondary N) is 1. The predicted molar refractivity (Wildman–Crippen MR) is 87.0 cm³/mol. The summed E-state index contributed by atoms with van der Waals surface area (Å²) in [5.74, 6) is 0.876. The highest BCUT2D eigenvalue weighted by Crippen LogP contribution is 2.19. The summed E-state index contributed by atoms with van der Waals surface area (Å²) >= 11 is 1.56. The minimum Gasteiger partial charge on any atom is -0.352 e. The normalized spacial score (nSPS) is 11.4. The van der Waals surface area contributed by atoms with Crippen LogP contribution in [0.2, 0.25) is 0 Å². The molecule has 2 aromatic rings. The van der Waals surface area contributed by atoms with Gasteiger partial charge in [-0.1, -0.05) is 30.0 Å². The van der Waals surface area contributed by atoms with Gasteiger partial charge in [-0.15, -0.1) is 5.10 Å².